The highest BCUT2D eigenvalue weighted by Gasteiger charge is 2.08. The van der Waals surface area contributed by atoms with Gasteiger partial charge in [0, 0.05) is 6.54 Å². The Morgan fingerprint density at radius 3 is 2.71 bits per heavy atom. The molecule has 0 unspecified atom stereocenters. The van der Waals surface area contributed by atoms with Crippen molar-refractivity contribution < 1.29 is 14.3 Å². The minimum absolute atomic E-state index is 0.106. The second-order valence-electron chi connectivity index (χ2n) is 4.64. The lowest BCUT2D eigenvalue weighted by molar-refractivity contribution is 0.0695. The zero-order valence-electron chi connectivity index (χ0n) is 11.3. The van der Waals surface area contributed by atoms with E-state index < -0.39 is 11.8 Å². The predicted molar refractivity (Wildman–Crippen MR) is 80.2 cm³/mol. The van der Waals surface area contributed by atoms with Crippen LogP contribution in [0, 0.1) is 5.82 Å². The van der Waals surface area contributed by atoms with Crippen LogP contribution < -0.4 is 5.32 Å². The van der Waals surface area contributed by atoms with Gasteiger partial charge < -0.3 is 10.4 Å². The Kier molecular flexibility index (Phi) is 5.31. The summed E-state index contributed by atoms with van der Waals surface area (Å²) in [6.45, 7) is 1.11. The highest BCUT2D eigenvalue weighted by molar-refractivity contribution is 6.30. The Balaban J connectivity index is 1.87. The van der Waals surface area contributed by atoms with Crippen molar-refractivity contribution in [3.63, 3.8) is 0 Å². The van der Waals surface area contributed by atoms with Gasteiger partial charge in [0.25, 0.3) is 0 Å². The SMILES string of the molecule is O=C(O)c1ccccc1CCNCc1ccc(Cl)c(F)c1. The van der Waals surface area contributed by atoms with E-state index in [2.05, 4.69) is 5.32 Å². The molecule has 0 atom stereocenters. The molecule has 0 radical (unpaired) electrons. The number of rotatable bonds is 6. The van der Waals surface area contributed by atoms with Crippen molar-refractivity contribution in [2.75, 3.05) is 6.54 Å². The molecule has 2 aromatic rings. The molecule has 0 bridgehead atoms. The summed E-state index contributed by atoms with van der Waals surface area (Å²) >= 11 is 5.62. The second-order valence-corrected chi connectivity index (χ2v) is 5.04. The number of hydrogen-bond donors (Lipinski definition) is 2. The van der Waals surface area contributed by atoms with Gasteiger partial charge in [0.1, 0.15) is 5.82 Å². The third-order valence-electron chi connectivity index (χ3n) is 3.13. The van der Waals surface area contributed by atoms with Crippen LogP contribution in [0.2, 0.25) is 5.02 Å². The van der Waals surface area contributed by atoms with E-state index >= 15 is 0 Å². The molecular weight excluding hydrogens is 293 g/mol. The van der Waals surface area contributed by atoms with E-state index in [1.165, 1.54) is 12.1 Å². The highest BCUT2D eigenvalue weighted by atomic mass is 35.5. The summed E-state index contributed by atoms with van der Waals surface area (Å²) in [5.41, 5.74) is 1.89. The number of nitrogens with one attached hydrogen (secondary N) is 1. The standard InChI is InChI=1S/C16H15ClFNO2/c17-14-6-5-11(9-15(14)18)10-19-8-7-12-3-1-2-4-13(12)16(20)21/h1-6,9,19H,7-8,10H2,(H,20,21). The first kappa shape index (κ1) is 15.5. The summed E-state index contributed by atoms with van der Waals surface area (Å²) in [5.74, 6) is -1.36. The van der Waals surface area contributed by atoms with Gasteiger partial charge >= 0.3 is 5.97 Å². The molecule has 0 aromatic heterocycles. The average molecular weight is 308 g/mol. The van der Waals surface area contributed by atoms with E-state index in [-0.39, 0.29) is 5.02 Å². The smallest absolute Gasteiger partial charge is 0.335 e. The molecule has 2 aromatic carbocycles. The second kappa shape index (κ2) is 7.20. The fourth-order valence-corrected chi connectivity index (χ4v) is 2.17. The van der Waals surface area contributed by atoms with Crippen molar-refractivity contribution in [3.05, 3.63) is 70.0 Å². The zero-order chi connectivity index (χ0) is 15.2. The number of carboxylic acid groups (broad SMARTS) is 1. The van der Waals surface area contributed by atoms with Crippen molar-refractivity contribution in [2.45, 2.75) is 13.0 Å². The highest BCUT2D eigenvalue weighted by Crippen LogP contribution is 2.15. The van der Waals surface area contributed by atoms with Crippen LogP contribution in [-0.4, -0.2) is 17.6 Å². The summed E-state index contributed by atoms with van der Waals surface area (Å²) in [7, 11) is 0. The summed E-state index contributed by atoms with van der Waals surface area (Å²) in [5, 5.41) is 12.3. The molecule has 2 N–H and O–H groups in total. The Bertz CT molecular complexity index is 646. The maximum absolute atomic E-state index is 13.3. The zero-order valence-corrected chi connectivity index (χ0v) is 12.0. The number of carboxylic acids is 1. The van der Waals surface area contributed by atoms with Crippen molar-refractivity contribution in [1.29, 1.82) is 0 Å². The molecule has 0 saturated heterocycles. The van der Waals surface area contributed by atoms with Gasteiger partial charge in [-0.05, 0) is 42.3 Å². The normalized spacial score (nSPS) is 10.6. The molecule has 3 nitrogen and oxygen atoms in total. The van der Waals surface area contributed by atoms with E-state index in [0.29, 0.717) is 25.1 Å². The molecule has 0 amide bonds. The predicted octanol–water partition coefficient (Wildman–Crippen LogP) is 3.51. The summed E-state index contributed by atoms with van der Waals surface area (Å²) < 4.78 is 13.3. The fourth-order valence-electron chi connectivity index (χ4n) is 2.05. The maximum atomic E-state index is 13.3. The van der Waals surface area contributed by atoms with Gasteiger partial charge in [-0.2, -0.15) is 0 Å². The molecule has 110 valence electrons. The number of halogens is 2. The molecule has 5 heteroatoms. The summed E-state index contributed by atoms with van der Waals surface area (Å²) in [6.07, 6.45) is 0.596. The van der Waals surface area contributed by atoms with Crippen LogP contribution >= 0.6 is 11.6 Å². The largest absolute Gasteiger partial charge is 0.478 e. The van der Waals surface area contributed by atoms with Crippen molar-refractivity contribution in [1.82, 2.24) is 5.32 Å². The minimum atomic E-state index is -0.926. The number of benzene rings is 2. The minimum Gasteiger partial charge on any atom is -0.478 e. The summed E-state index contributed by atoms with van der Waals surface area (Å²) in [4.78, 5) is 11.1. The molecule has 0 saturated carbocycles. The van der Waals surface area contributed by atoms with E-state index in [0.717, 1.165) is 11.1 Å². The van der Waals surface area contributed by atoms with E-state index in [1.54, 1.807) is 24.3 Å². The quantitative estimate of drug-likeness (QED) is 0.803. The van der Waals surface area contributed by atoms with Gasteiger partial charge in [0.2, 0.25) is 0 Å². The molecule has 0 aliphatic heterocycles. The number of hydrogen-bond acceptors (Lipinski definition) is 2. The van der Waals surface area contributed by atoms with Gasteiger partial charge in [0.05, 0.1) is 10.6 Å². The van der Waals surface area contributed by atoms with Crippen LogP contribution in [0.4, 0.5) is 4.39 Å². The van der Waals surface area contributed by atoms with Crippen LogP contribution in [0.25, 0.3) is 0 Å². The van der Waals surface area contributed by atoms with Gasteiger partial charge in [-0.25, -0.2) is 9.18 Å². The van der Waals surface area contributed by atoms with Crippen molar-refractivity contribution in [3.8, 4) is 0 Å². The Morgan fingerprint density at radius 1 is 1.24 bits per heavy atom. The molecule has 0 spiro atoms. The summed E-state index contributed by atoms with van der Waals surface area (Å²) in [6, 6.07) is 11.6. The molecule has 21 heavy (non-hydrogen) atoms. The van der Waals surface area contributed by atoms with Gasteiger partial charge in [-0.1, -0.05) is 35.9 Å². The third kappa shape index (κ3) is 4.28. The fraction of sp³-hybridized carbons (Fsp3) is 0.188. The Labute approximate surface area is 127 Å². The first-order valence-electron chi connectivity index (χ1n) is 6.54. The monoisotopic (exact) mass is 307 g/mol. The van der Waals surface area contributed by atoms with Gasteiger partial charge in [-0.3, -0.25) is 0 Å². The average Bonchev–Trinajstić information content (AvgIpc) is 2.47. The number of carbonyl (C=O) groups is 1. The lowest BCUT2D eigenvalue weighted by atomic mass is 10.0. The molecule has 0 aliphatic carbocycles. The van der Waals surface area contributed by atoms with E-state index in [4.69, 9.17) is 16.7 Å². The van der Waals surface area contributed by atoms with E-state index in [1.807, 2.05) is 6.07 Å². The lowest BCUT2D eigenvalue weighted by Gasteiger charge is -2.08. The maximum Gasteiger partial charge on any atom is 0.335 e. The topological polar surface area (TPSA) is 49.3 Å². The number of aromatic carboxylic acids is 1. The van der Waals surface area contributed by atoms with Crippen LogP contribution in [0.15, 0.2) is 42.5 Å². The van der Waals surface area contributed by atoms with Crippen LogP contribution in [0.1, 0.15) is 21.5 Å². The van der Waals surface area contributed by atoms with Crippen molar-refractivity contribution >= 4 is 17.6 Å². The molecule has 2 rings (SSSR count). The van der Waals surface area contributed by atoms with Gasteiger partial charge in [-0.15, -0.1) is 0 Å². The Hall–Kier alpha value is -1.91. The van der Waals surface area contributed by atoms with Crippen LogP contribution in [0.3, 0.4) is 0 Å². The lowest BCUT2D eigenvalue weighted by Crippen LogP contribution is -2.18. The van der Waals surface area contributed by atoms with E-state index in [9.17, 15) is 9.18 Å². The van der Waals surface area contributed by atoms with Crippen LogP contribution in [0.5, 0.6) is 0 Å². The van der Waals surface area contributed by atoms with Crippen LogP contribution in [-0.2, 0) is 13.0 Å². The molecule has 0 fully saturated rings. The Morgan fingerprint density at radius 2 is 2.00 bits per heavy atom. The van der Waals surface area contributed by atoms with Gasteiger partial charge in [0.15, 0.2) is 0 Å². The molecule has 0 aliphatic rings. The molecular formula is C16H15ClFNO2. The molecule has 0 heterocycles. The first-order chi connectivity index (χ1) is 10.1. The van der Waals surface area contributed by atoms with Crippen molar-refractivity contribution in [2.24, 2.45) is 0 Å². The third-order valence-corrected chi connectivity index (χ3v) is 3.44. The first-order valence-corrected chi connectivity index (χ1v) is 6.91.